The molecule has 0 spiro atoms. The molecule has 22 heavy (non-hydrogen) atoms. The lowest BCUT2D eigenvalue weighted by molar-refractivity contribution is 0.0954. The van der Waals surface area contributed by atoms with Crippen LogP contribution in [-0.2, 0) is 0 Å². The minimum atomic E-state index is -0.0427. The lowest BCUT2D eigenvalue weighted by atomic mass is 10.2. The lowest BCUT2D eigenvalue weighted by Gasteiger charge is -2.02. The zero-order valence-corrected chi connectivity index (χ0v) is 13.0. The maximum absolute atomic E-state index is 12.0. The van der Waals surface area contributed by atoms with E-state index in [9.17, 15) is 4.79 Å². The van der Waals surface area contributed by atoms with Gasteiger partial charge in [0, 0.05) is 18.3 Å². The Morgan fingerprint density at radius 2 is 2.23 bits per heavy atom. The number of carbonyl (C=O) groups is 1. The zero-order valence-electron chi connectivity index (χ0n) is 12.2. The van der Waals surface area contributed by atoms with Gasteiger partial charge in [0.1, 0.15) is 0 Å². The number of aromatic nitrogens is 2. The molecular formula is C16H16N4OS. The number of nitrogens with one attached hydrogen (secondary N) is 2. The maximum atomic E-state index is 12.0. The molecule has 2 heterocycles. The van der Waals surface area contributed by atoms with E-state index in [2.05, 4.69) is 20.6 Å². The third-order valence-electron chi connectivity index (χ3n) is 3.10. The van der Waals surface area contributed by atoms with Gasteiger partial charge in [-0.25, -0.2) is 4.98 Å². The van der Waals surface area contributed by atoms with Crippen LogP contribution in [0, 0.1) is 0 Å². The fraction of sp³-hybridized carbons (Fsp3) is 0.188. The molecular weight excluding hydrogens is 296 g/mol. The van der Waals surface area contributed by atoms with Crippen LogP contribution >= 0.6 is 11.3 Å². The van der Waals surface area contributed by atoms with E-state index < -0.39 is 0 Å². The van der Waals surface area contributed by atoms with Crippen LogP contribution in [0.3, 0.4) is 0 Å². The predicted molar refractivity (Wildman–Crippen MR) is 89.8 cm³/mol. The van der Waals surface area contributed by atoms with E-state index in [-0.39, 0.29) is 5.91 Å². The van der Waals surface area contributed by atoms with Gasteiger partial charge in [0.25, 0.3) is 5.91 Å². The molecule has 3 rings (SSSR count). The van der Waals surface area contributed by atoms with Gasteiger partial charge in [-0.2, -0.15) is 0 Å². The van der Waals surface area contributed by atoms with Gasteiger partial charge in [0.05, 0.1) is 22.1 Å². The van der Waals surface area contributed by atoms with Crippen LogP contribution in [0.15, 0.2) is 42.7 Å². The average molecular weight is 312 g/mol. The van der Waals surface area contributed by atoms with Crippen LogP contribution in [0.1, 0.15) is 23.7 Å². The molecule has 0 aliphatic heterocycles. The summed E-state index contributed by atoms with van der Waals surface area (Å²) in [4.78, 5) is 20.6. The SMILES string of the molecule is CCCNC(=O)c1ccc2nc(Nc3cccnc3)sc2c1. The molecule has 2 N–H and O–H groups in total. The number of rotatable bonds is 5. The Bertz CT molecular complexity index is 785. The second-order valence-corrected chi connectivity index (χ2v) is 5.85. The molecule has 1 aromatic carbocycles. The van der Waals surface area contributed by atoms with Gasteiger partial charge in [0.2, 0.25) is 0 Å². The Hall–Kier alpha value is -2.47. The van der Waals surface area contributed by atoms with Crippen molar-refractivity contribution < 1.29 is 4.79 Å². The normalized spacial score (nSPS) is 10.6. The number of thiazole rings is 1. The molecule has 0 radical (unpaired) electrons. The Morgan fingerprint density at radius 3 is 3.00 bits per heavy atom. The van der Waals surface area contributed by atoms with Gasteiger partial charge in [-0.05, 0) is 36.8 Å². The van der Waals surface area contributed by atoms with Crippen LogP contribution < -0.4 is 10.6 Å². The molecule has 5 nitrogen and oxygen atoms in total. The van der Waals surface area contributed by atoms with Crippen molar-refractivity contribution in [1.29, 1.82) is 0 Å². The largest absolute Gasteiger partial charge is 0.352 e. The zero-order chi connectivity index (χ0) is 15.4. The van der Waals surface area contributed by atoms with Gasteiger partial charge < -0.3 is 10.6 Å². The highest BCUT2D eigenvalue weighted by molar-refractivity contribution is 7.22. The van der Waals surface area contributed by atoms with Crippen LogP contribution in [0.4, 0.5) is 10.8 Å². The summed E-state index contributed by atoms with van der Waals surface area (Å²) in [7, 11) is 0. The number of benzene rings is 1. The van der Waals surface area contributed by atoms with Gasteiger partial charge in [0.15, 0.2) is 5.13 Å². The molecule has 0 bridgehead atoms. The van der Waals surface area contributed by atoms with Crippen molar-refractivity contribution in [2.75, 3.05) is 11.9 Å². The number of carbonyl (C=O) groups excluding carboxylic acids is 1. The Kier molecular flexibility index (Phi) is 4.29. The van der Waals surface area contributed by atoms with Gasteiger partial charge in [-0.15, -0.1) is 0 Å². The molecule has 112 valence electrons. The van der Waals surface area contributed by atoms with Crippen LogP contribution in [0.5, 0.6) is 0 Å². The number of nitrogens with zero attached hydrogens (tertiary/aromatic N) is 2. The topological polar surface area (TPSA) is 66.9 Å². The summed E-state index contributed by atoms with van der Waals surface area (Å²) in [6.45, 7) is 2.72. The first-order valence-corrected chi connectivity index (χ1v) is 7.94. The molecule has 0 atom stereocenters. The number of pyridine rings is 1. The molecule has 0 saturated heterocycles. The van der Waals surface area contributed by atoms with Crippen molar-refractivity contribution >= 4 is 38.3 Å². The van der Waals surface area contributed by atoms with Gasteiger partial charge >= 0.3 is 0 Å². The third kappa shape index (κ3) is 3.23. The third-order valence-corrected chi connectivity index (χ3v) is 4.03. The number of hydrogen-bond acceptors (Lipinski definition) is 5. The smallest absolute Gasteiger partial charge is 0.251 e. The molecule has 3 aromatic rings. The molecule has 0 aliphatic rings. The quantitative estimate of drug-likeness (QED) is 0.756. The lowest BCUT2D eigenvalue weighted by Crippen LogP contribution is -2.23. The summed E-state index contributed by atoms with van der Waals surface area (Å²) in [5.74, 6) is -0.0427. The minimum absolute atomic E-state index is 0.0427. The summed E-state index contributed by atoms with van der Waals surface area (Å²) in [6.07, 6.45) is 4.40. The summed E-state index contributed by atoms with van der Waals surface area (Å²) in [6, 6.07) is 9.36. The average Bonchev–Trinajstić information content (AvgIpc) is 2.94. The Labute approximate surface area is 132 Å². The summed E-state index contributed by atoms with van der Waals surface area (Å²) in [5.41, 5.74) is 2.43. The number of hydrogen-bond donors (Lipinski definition) is 2. The fourth-order valence-corrected chi connectivity index (χ4v) is 2.95. The van der Waals surface area contributed by atoms with Crippen LogP contribution in [0.25, 0.3) is 10.2 Å². The maximum Gasteiger partial charge on any atom is 0.251 e. The highest BCUT2D eigenvalue weighted by Crippen LogP contribution is 2.28. The first kappa shape index (κ1) is 14.5. The highest BCUT2D eigenvalue weighted by atomic mass is 32.1. The highest BCUT2D eigenvalue weighted by Gasteiger charge is 2.09. The molecule has 0 fully saturated rings. The Balaban J connectivity index is 1.82. The van der Waals surface area contributed by atoms with E-state index in [0.717, 1.165) is 27.5 Å². The molecule has 1 amide bonds. The van der Waals surface area contributed by atoms with Crippen molar-refractivity contribution in [1.82, 2.24) is 15.3 Å². The fourth-order valence-electron chi connectivity index (χ4n) is 2.02. The van der Waals surface area contributed by atoms with E-state index in [0.29, 0.717) is 12.1 Å². The monoisotopic (exact) mass is 312 g/mol. The Morgan fingerprint density at radius 1 is 1.32 bits per heavy atom. The van der Waals surface area contributed by atoms with E-state index in [1.807, 2.05) is 31.2 Å². The molecule has 0 saturated carbocycles. The second-order valence-electron chi connectivity index (χ2n) is 4.82. The molecule has 0 unspecified atom stereocenters. The van der Waals surface area contributed by atoms with Gasteiger partial charge in [-0.1, -0.05) is 18.3 Å². The van der Waals surface area contributed by atoms with Crippen molar-refractivity contribution in [2.24, 2.45) is 0 Å². The minimum Gasteiger partial charge on any atom is -0.352 e. The first-order valence-electron chi connectivity index (χ1n) is 7.12. The van der Waals surface area contributed by atoms with Crippen molar-refractivity contribution in [2.45, 2.75) is 13.3 Å². The van der Waals surface area contributed by atoms with E-state index in [4.69, 9.17) is 0 Å². The molecule has 2 aromatic heterocycles. The van der Waals surface area contributed by atoms with E-state index in [1.165, 1.54) is 11.3 Å². The van der Waals surface area contributed by atoms with E-state index in [1.54, 1.807) is 18.5 Å². The molecule has 6 heteroatoms. The summed E-state index contributed by atoms with van der Waals surface area (Å²) < 4.78 is 0.982. The van der Waals surface area contributed by atoms with Crippen molar-refractivity contribution in [3.05, 3.63) is 48.3 Å². The first-order chi connectivity index (χ1) is 10.8. The number of amides is 1. The van der Waals surface area contributed by atoms with Crippen LogP contribution in [0.2, 0.25) is 0 Å². The standard InChI is InChI=1S/C16H16N4OS/c1-2-7-18-15(21)11-5-6-13-14(9-11)22-16(20-13)19-12-4-3-8-17-10-12/h3-6,8-10H,2,7H2,1H3,(H,18,21)(H,19,20). The van der Waals surface area contributed by atoms with E-state index >= 15 is 0 Å². The van der Waals surface area contributed by atoms with Crippen LogP contribution in [-0.4, -0.2) is 22.4 Å². The van der Waals surface area contributed by atoms with Crippen molar-refractivity contribution in [3.8, 4) is 0 Å². The molecule has 0 aliphatic carbocycles. The summed E-state index contributed by atoms with van der Waals surface area (Å²) >= 11 is 1.52. The number of fused-ring (bicyclic) bond motifs is 1. The van der Waals surface area contributed by atoms with Gasteiger partial charge in [-0.3, -0.25) is 9.78 Å². The predicted octanol–water partition coefficient (Wildman–Crippen LogP) is 3.57. The second kappa shape index (κ2) is 6.53. The van der Waals surface area contributed by atoms with Crippen molar-refractivity contribution in [3.63, 3.8) is 0 Å². The number of anilines is 2. The summed E-state index contributed by atoms with van der Waals surface area (Å²) in [5, 5.41) is 6.89.